The quantitative estimate of drug-likeness (QED) is 0.269. The largest absolute Gasteiger partial charge is 0.394 e. The highest BCUT2D eigenvalue weighted by Crippen LogP contribution is 2.28. The van der Waals surface area contributed by atoms with Crippen molar-refractivity contribution in [3.8, 4) is 0 Å². The lowest BCUT2D eigenvalue weighted by atomic mass is 9.97. The van der Waals surface area contributed by atoms with Crippen molar-refractivity contribution in [3.05, 3.63) is 0 Å². The summed E-state index contributed by atoms with van der Waals surface area (Å²) < 4.78 is 15.3. The Bertz CT molecular complexity index is 368. The van der Waals surface area contributed by atoms with Crippen molar-refractivity contribution in [2.24, 2.45) is 0 Å². The second kappa shape index (κ2) is 7.01. The van der Waals surface area contributed by atoms with E-state index in [-0.39, 0.29) is 0 Å². The van der Waals surface area contributed by atoms with Gasteiger partial charge in [0.15, 0.2) is 12.6 Å². The molecular formula is C12H22O10. The molecule has 7 N–H and O–H groups in total. The molecule has 10 heteroatoms. The van der Waals surface area contributed by atoms with Crippen LogP contribution in [0.4, 0.5) is 0 Å². The lowest BCUT2D eigenvalue weighted by Gasteiger charge is -2.44. The van der Waals surface area contributed by atoms with Gasteiger partial charge in [-0.05, 0) is 6.92 Å². The average Bonchev–Trinajstić information content (AvgIpc) is 2.50. The van der Waals surface area contributed by atoms with Gasteiger partial charge in [0.05, 0.1) is 12.7 Å². The highest BCUT2D eigenvalue weighted by Gasteiger charge is 2.49. The molecule has 10 atom stereocenters. The van der Waals surface area contributed by atoms with Gasteiger partial charge in [-0.2, -0.15) is 0 Å². The van der Waals surface area contributed by atoms with Crippen LogP contribution in [0, 0.1) is 0 Å². The van der Waals surface area contributed by atoms with Gasteiger partial charge in [0.2, 0.25) is 0 Å². The summed E-state index contributed by atoms with van der Waals surface area (Å²) >= 11 is 0. The molecule has 130 valence electrons. The molecule has 0 spiro atoms. The molecule has 2 aliphatic heterocycles. The predicted octanol–water partition coefficient (Wildman–Crippen LogP) is -4.37. The predicted molar refractivity (Wildman–Crippen MR) is 67.2 cm³/mol. The van der Waals surface area contributed by atoms with E-state index in [9.17, 15) is 30.6 Å². The van der Waals surface area contributed by atoms with E-state index in [4.69, 9.17) is 19.3 Å². The molecule has 2 heterocycles. The Morgan fingerprint density at radius 3 is 2.05 bits per heavy atom. The maximum atomic E-state index is 9.99. The zero-order chi connectivity index (χ0) is 16.6. The fraction of sp³-hybridized carbons (Fsp3) is 1.00. The van der Waals surface area contributed by atoms with E-state index in [0.717, 1.165) is 0 Å². The number of aliphatic hydroxyl groups excluding tert-OH is 7. The third-order valence-electron chi connectivity index (χ3n) is 3.94. The van der Waals surface area contributed by atoms with Gasteiger partial charge in [0.25, 0.3) is 0 Å². The van der Waals surface area contributed by atoms with Crippen molar-refractivity contribution in [3.63, 3.8) is 0 Å². The van der Waals surface area contributed by atoms with Crippen LogP contribution in [0.2, 0.25) is 0 Å². The van der Waals surface area contributed by atoms with Crippen LogP contribution in [0.3, 0.4) is 0 Å². The molecule has 0 bridgehead atoms. The van der Waals surface area contributed by atoms with Crippen molar-refractivity contribution < 1.29 is 50.0 Å². The fourth-order valence-corrected chi connectivity index (χ4v) is 2.51. The molecule has 10 nitrogen and oxygen atoms in total. The van der Waals surface area contributed by atoms with E-state index < -0.39 is 68.0 Å². The molecule has 0 aromatic rings. The van der Waals surface area contributed by atoms with Crippen molar-refractivity contribution >= 4 is 0 Å². The van der Waals surface area contributed by atoms with Crippen LogP contribution in [0.15, 0.2) is 0 Å². The molecule has 2 rings (SSSR count). The van der Waals surface area contributed by atoms with Crippen LogP contribution in [-0.4, -0.2) is 104 Å². The summed E-state index contributed by atoms with van der Waals surface area (Å²) in [5, 5.41) is 67.6. The molecule has 22 heavy (non-hydrogen) atoms. The van der Waals surface area contributed by atoms with Crippen molar-refractivity contribution in [1.82, 2.24) is 0 Å². The molecule has 2 saturated heterocycles. The molecular weight excluding hydrogens is 304 g/mol. The van der Waals surface area contributed by atoms with Gasteiger partial charge in [0, 0.05) is 0 Å². The summed E-state index contributed by atoms with van der Waals surface area (Å²) in [4.78, 5) is 0. The summed E-state index contributed by atoms with van der Waals surface area (Å²) in [6, 6.07) is 0. The van der Waals surface area contributed by atoms with Crippen LogP contribution in [0.25, 0.3) is 0 Å². The monoisotopic (exact) mass is 326 g/mol. The van der Waals surface area contributed by atoms with Crippen LogP contribution in [0.5, 0.6) is 0 Å². The van der Waals surface area contributed by atoms with E-state index in [0.29, 0.717) is 0 Å². The molecule has 0 aromatic heterocycles. The SMILES string of the molecule is C[C@@H]1O[C@@H](O[C@@H]2[C@@H](O)[C@@H](O)O[C@H](CO)[C@@H]2O)[C@H](O)[C@H](O)[C@H]1O. The lowest BCUT2D eigenvalue weighted by Crippen LogP contribution is -2.63. The number of ether oxygens (including phenoxy) is 3. The second-order valence-electron chi connectivity index (χ2n) is 5.51. The Morgan fingerprint density at radius 2 is 1.45 bits per heavy atom. The summed E-state index contributed by atoms with van der Waals surface area (Å²) in [6.45, 7) is 0.814. The first-order valence-corrected chi connectivity index (χ1v) is 6.93. The Morgan fingerprint density at radius 1 is 0.818 bits per heavy atom. The van der Waals surface area contributed by atoms with Crippen LogP contribution < -0.4 is 0 Å². The fourth-order valence-electron chi connectivity index (χ4n) is 2.51. The van der Waals surface area contributed by atoms with Gasteiger partial charge in [-0.3, -0.25) is 0 Å². The van der Waals surface area contributed by atoms with Gasteiger partial charge >= 0.3 is 0 Å². The van der Waals surface area contributed by atoms with E-state index in [1.807, 2.05) is 0 Å². The Balaban J connectivity index is 2.10. The van der Waals surface area contributed by atoms with Gasteiger partial charge < -0.3 is 50.0 Å². The maximum Gasteiger partial charge on any atom is 0.187 e. The molecule has 0 unspecified atom stereocenters. The molecule has 0 aromatic carbocycles. The van der Waals surface area contributed by atoms with Gasteiger partial charge in [-0.15, -0.1) is 0 Å². The Kier molecular flexibility index (Phi) is 5.72. The number of aliphatic hydroxyl groups is 7. The molecule has 2 aliphatic rings. The Labute approximate surface area is 126 Å². The van der Waals surface area contributed by atoms with E-state index in [1.165, 1.54) is 6.92 Å². The molecule has 0 amide bonds. The van der Waals surface area contributed by atoms with Gasteiger partial charge in [-0.1, -0.05) is 0 Å². The van der Waals surface area contributed by atoms with E-state index in [1.54, 1.807) is 0 Å². The molecule has 0 saturated carbocycles. The third kappa shape index (κ3) is 3.26. The number of hydrogen-bond donors (Lipinski definition) is 7. The summed E-state index contributed by atoms with van der Waals surface area (Å²) in [5.74, 6) is 0. The minimum Gasteiger partial charge on any atom is -0.394 e. The summed E-state index contributed by atoms with van der Waals surface area (Å²) in [6.07, 6.45) is -14.3. The lowest BCUT2D eigenvalue weighted by molar-refractivity contribution is -0.352. The van der Waals surface area contributed by atoms with Crippen molar-refractivity contribution in [2.75, 3.05) is 6.61 Å². The van der Waals surface area contributed by atoms with E-state index >= 15 is 0 Å². The second-order valence-corrected chi connectivity index (χ2v) is 5.51. The maximum absolute atomic E-state index is 9.99. The van der Waals surface area contributed by atoms with E-state index in [2.05, 4.69) is 0 Å². The minimum absolute atomic E-state index is 0.628. The molecule has 0 radical (unpaired) electrons. The average molecular weight is 326 g/mol. The first-order chi connectivity index (χ1) is 10.3. The summed E-state index contributed by atoms with van der Waals surface area (Å²) in [7, 11) is 0. The third-order valence-corrected chi connectivity index (χ3v) is 3.94. The highest BCUT2D eigenvalue weighted by molar-refractivity contribution is 4.93. The minimum atomic E-state index is -1.71. The van der Waals surface area contributed by atoms with Gasteiger partial charge in [0.1, 0.15) is 42.7 Å². The normalized spacial score (nSPS) is 53.5. The van der Waals surface area contributed by atoms with Crippen molar-refractivity contribution in [2.45, 2.75) is 68.3 Å². The Hall–Kier alpha value is -0.400. The molecule has 2 fully saturated rings. The van der Waals surface area contributed by atoms with Crippen LogP contribution >= 0.6 is 0 Å². The topological polar surface area (TPSA) is 169 Å². The van der Waals surface area contributed by atoms with Gasteiger partial charge in [-0.25, -0.2) is 0 Å². The molecule has 0 aliphatic carbocycles. The van der Waals surface area contributed by atoms with Crippen molar-refractivity contribution in [1.29, 1.82) is 0 Å². The van der Waals surface area contributed by atoms with Crippen LogP contribution in [0.1, 0.15) is 6.92 Å². The first kappa shape index (κ1) is 17.9. The standard InChI is InChI=1S/C12H22O10/c1-3-5(14)7(16)8(17)12(20-3)22-10-6(15)4(2-13)21-11(19)9(10)18/h3-19H,2H2,1H3/t3-,4+,5-,6-,7+,8+,9+,10-,11-,12-/m0/s1. The summed E-state index contributed by atoms with van der Waals surface area (Å²) in [5.41, 5.74) is 0. The zero-order valence-electron chi connectivity index (χ0n) is 11.8. The smallest absolute Gasteiger partial charge is 0.187 e. The zero-order valence-corrected chi connectivity index (χ0v) is 11.8. The first-order valence-electron chi connectivity index (χ1n) is 6.93. The number of hydrogen-bond acceptors (Lipinski definition) is 10. The number of rotatable bonds is 3. The van der Waals surface area contributed by atoms with Crippen LogP contribution in [-0.2, 0) is 14.2 Å². The highest BCUT2D eigenvalue weighted by atomic mass is 16.7.